The summed E-state index contributed by atoms with van der Waals surface area (Å²) in [5, 5.41) is 2.79. The van der Waals surface area contributed by atoms with E-state index in [0.717, 1.165) is 12.1 Å². The quantitative estimate of drug-likeness (QED) is 0.757. The van der Waals surface area contributed by atoms with Crippen LogP contribution in [0.5, 0.6) is 5.75 Å². The second-order valence-corrected chi connectivity index (χ2v) is 7.11. The molecule has 2 aliphatic heterocycles. The number of methoxy groups -OCH3 is 1. The summed E-state index contributed by atoms with van der Waals surface area (Å²) >= 11 is 0. The number of amides is 2. The van der Waals surface area contributed by atoms with E-state index < -0.39 is 35.5 Å². The van der Waals surface area contributed by atoms with Crippen molar-refractivity contribution in [1.82, 2.24) is 5.32 Å². The number of alkyl halides is 3. The van der Waals surface area contributed by atoms with Gasteiger partial charge in [-0.25, -0.2) is 9.59 Å². The summed E-state index contributed by atoms with van der Waals surface area (Å²) in [6, 6.07) is 8.22. The van der Waals surface area contributed by atoms with Crippen LogP contribution in [-0.2, 0) is 10.9 Å². The lowest BCUT2D eigenvalue weighted by molar-refractivity contribution is -0.137. The van der Waals surface area contributed by atoms with Crippen molar-refractivity contribution in [1.29, 1.82) is 0 Å². The number of hydrogen-bond acceptors (Lipinski definition) is 4. The van der Waals surface area contributed by atoms with Crippen LogP contribution in [-0.4, -0.2) is 24.8 Å². The number of nitrogens with zero attached hydrogens (tertiary/aromatic N) is 1. The van der Waals surface area contributed by atoms with Gasteiger partial charge in [0.25, 0.3) is 0 Å². The fourth-order valence-electron chi connectivity index (χ4n) is 3.83. The van der Waals surface area contributed by atoms with Crippen LogP contribution in [0.1, 0.15) is 40.9 Å². The van der Waals surface area contributed by atoms with E-state index in [1.165, 1.54) is 30.2 Å². The van der Waals surface area contributed by atoms with Crippen molar-refractivity contribution in [3.8, 4) is 5.75 Å². The molecule has 2 aromatic rings. The standard InChI is InChI=1S/C20H17F3N2O4/c1-19-10-15(14-8-11(17(26)28-2)6-7-16(14)29-19)24-18(27)25(19)13-5-3-4-12(9-13)20(21,22)23/h3-9,15H,10H2,1-2H3,(H,24,27)/t15-,19-/m1/s1. The number of ether oxygens (including phenoxy) is 2. The molecule has 0 aromatic heterocycles. The number of esters is 1. The van der Waals surface area contributed by atoms with Gasteiger partial charge in [-0.05, 0) is 43.3 Å². The van der Waals surface area contributed by atoms with Gasteiger partial charge in [0.15, 0.2) is 5.72 Å². The van der Waals surface area contributed by atoms with Crippen LogP contribution in [0.3, 0.4) is 0 Å². The van der Waals surface area contributed by atoms with E-state index in [4.69, 9.17) is 9.47 Å². The highest BCUT2D eigenvalue weighted by molar-refractivity contribution is 5.95. The minimum atomic E-state index is -4.53. The van der Waals surface area contributed by atoms with Gasteiger partial charge < -0.3 is 14.8 Å². The van der Waals surface area contributed by atoms with Crippen LogP contribution >= 0.6 is 0 Å². The number of anilines is 1. The van der Waals surface area contributed by atoms with Crippen LogP contribution in [0, 0.1) is 0 Å². The van der Waals surface area contributed by atoms with Crippen LogP contribution < -0.4 is 15.0 Å². The number of hydrogen-bond donors (Lipinski definition) is 1. The molecule has 2 aliphatic rings. The van der Waals surface area contributed by atoms with Crippen molar-refractivity contribution >= 4 is 17.7 Å². The second-order valence-electron chi connectivity index (χ2n) is 7.11. The van der Waals surface area contributed by atoms with Crippen LogP contribution in [0.15, 0.2) is 42.5 Å². The Morgan fingerprint density at radius 2 is 2.03 bits per heavy atom. The number of halogens is 3. The third-order valence-electron chi connectivity index (χ3n) is 5.12. The Hall–Kier alpha value is -3.23. The first-order valence-electron chi connectivity index (χ1n) is 8.82. The summed E-state index contributed by atoms with van der Waals surface area (Å²) < 4.78 is 50.1. The first-order valence-corrected chi connectivity index (χ1v) is 8.82. The van der Waals surface area contributed by atoms with Crippen molar-refractivity contribution < 1.29 is 32.2 Å². The third-order valence-corrected chi connectivity index (χ3v) is 5.12. The van der Waals surface area contributed by atoms with Gasteiger partial charge in [-0.2, -0.15) is 13.2 Å². The van der Waals surface area contributed by atoms with Crippen LogP contribution in [0.25, 0.3) is 0 Å². The predicted molar refractivity (Wildman–Crippen MR) is 96.6 cm³/mol. The van der Waals surface area contributed by atoms with Gasteiger partial charge in [-0.3, -0.25) is 4.90 Å². The Morgan fingerprint density at radius 3 is 2.72 bits per heavy atom. The molecule has 0 spiro atoms. The number of nitrogens with one attached hydrogen (secondary N) is 1. The topological polar surface area (TPSA) is 67.9 Å². The van der Waals surface area contributed by atoms with Crippen molar-refractivity contribution in [3.63, 3.8) is 0 Å². The number of benzene rings is 2. The first-order chi connectivity index (χ1) is 13.6. The molecule has 0 aliphatic carbocycles. The molecule has 2 aromatic carbocycles. The van der Waals surface area contributed by atoms with Crippen molar-refractivity contribution in [2.45, 2.75) is 31.3 Å². The minimum absolute atomic E-state index is 0.0768. The maximum absolute atomic E-state index is 13.1. The molecule has 2 heterocycles. The Bertz CT molecular complexity index is 1010. The summed E-state index contributed by atoms with van der Waals surface area (Å²) in [7, 11) is 1.27. The molecule has 4 rings (SSSR count). The van der Waals surface area contributed by atoms with Gasteiger partial charge in [-0.15, -0.1) is 0 Å². The largest absolute Gasteiger partial charge is 0.467 e. The summed E-state index contributed by atoms with van der Waals surface area (Å²) in [5.74, 6) is -0.0813. The number of fused-ring (bicyclic) bond motifs is 4. The summed E-state index contributed by atoms with van der Waals surface area (Å²) in [6.07, 6.45) is -4.25. The number of rotatable bonds is 2. The maximum atomic E-state index is 13.1. The molecule has 2 amide bonds. The first kappa shape index (κ1) is 19.1. The zero-order valence-electron chi connectivity index (χ0n) is 15.5. The van der Waals surface area contributed by atoms with E-state index in [-0.39, 0.29) is 12.1 Å². The molecule has 0 unspecified atom stereocenters. The Morgan fingerprint density at radius 1 is 1.28 bits per heavy atom. The average Bonchev–Trinajstić information content (AvgIpc) is 2.66. The van der Waals surface area contributed by atoms with Gasteiger partial charge in [0.1, 0.15) is 5.75 Å². The van der Waals surface area contributed by atoms with E-state index in [1.54, 1.807) is 19.1 Å². The molecule has 2 atom stereocenters. The summed E-state index contributed by atoms with van der Waals surface area (Å²) in [4.78, 5) is 25.8. The third kappa shape index (κ3) is 3.16. The zero-order valence-corrected chi connectivity index (χ0v) is 15.5. The fraction of sp³-hybridized carbons (Fsp3) is 0.300. The van der Waals surface area contributed by atoms with E-state index in [9.17, 15) is 22.8 Å². The molecule has 0 radical (unpaired) electrons. The maximum Gasteiger partial charge on any atom is 0.416 e. The summed E-state index contributed by atoms with van der Waals surface area (Å²) in [5.41, 5.74) is -1.05. The van der Waals surface area contributed by atoms with Crippen LogP contribution in [0.2, 0.25) is 0 Å². The Balaban J connectivity index is 1.74. The highest BCUT2D eigenvalue weighted by atomic mass is 19.4. The SMILES string of the molecule is COC(=O)c1ccc2c(c1)[C@H]1C[C@@](C)(O2)N(c2cccc(C(F)(F)F)c2)C(=O)N1. The molecule has 6 nitrogen and oxygen atoms in total. The minimum Gasteiger partial charge on any atom is -0.467 e. The smallest absolute Gasteiger partial charge is 0.416 e. The van der Waals surface area contributed by atoms with E-state index >= 15 is 0 Å². The Labute approximate surface area is 164 Å². The molecule has 29 heavy (non-hydrogen) atoms. The average molecular weight is 406 g/mol. The zero-order chi connectivity index (χ0) is 21.0. The normalized spacial score (nSPS) is 23.0. The van der Waals surface area contributed by atoms with Gasteiger partial charge >= 0.3 is 18.2 Å². The predicted octanol–water partition coefficient (Wildman–Crippen LogP) is 4.26. The molecule has 1 N–H and O–H groups in total. The molecule has 152 valence electrons. The van der Waals surface area contributed by atoms with Gasteiger partial charge in [0.05, 0.1) is 30.0 Å². The second kappa shape index (κ2) is 6.40. The van der Waals surface area contributed by atoms with E-state index in [2.05, 4.69) is 5.32 Å². The molecule has 0 saturated carbocycles. The van der Waals surface area contributed by atoms with Crippen molar-refractivity contribution in [3.05, 3.63) is 59.2 Å². The highest BCUT2D eigenvalue weighted by Gasteiger charge is 2.50. The van der Waals surface area contributed by atoms with Crippen molar-refractivity contribution in [2.24, 2.45) is 0 Å². The molecular weight excluding hydrogens is 389 g/mol. The van der Waals surface area contributed by atoms with E-state index in [0.29, 0.717) is 16.9 Å². The lowest BCUT2D eigenvalue weighted by atomic mass is 9.89. The lowest BCUT2D eigenvalue weighted by Gasteiger charge is -2.50. The lowest BCUT2D eigenvalue weighted by Crippen LogP contribution is -2.65. The number of carbonyl (C=O) groups excluding carboxylic acids is 2. The summed E-state index contributed by atoms with van der Waals surface area (Å²) in [6.45, 7) is 1.65. The molecule has 2 bridgehead atoms. The van der Waals surface area contributed by atoms with Gasteiger partial charge in [0.2, 0.25) is 0 Å². The highest BCUT2D eigenvalue weighted by Crippen LogP contribution is 2.46. The molecule has 1 fully saturated rings. The monoisotopic (exact) mass is 406 g/mol. The fourth-order valence-corrected chi connectivity index (χ4v) is 3.83. The van der Waals surface area contributed by atoms with Crippen molar-refractivity contribution in [2.75, 3.05) is 12.0 Å². The van der Waals surface area contributed by atoms with Gasteiger partial charge in [0, 0.05) is 12.0 Å². The molecule has 1 saturated heterocycles. The molecular formula is C20H17F3N2O4. The molecule has 9 heteroatoms. The van der Waals surface area contributed by atoms with Crippen LogP contribution in [0.4, 0.5) is 23.7 Å². The Kier molecular flexibility index (Phi) is 4.21. The number of carbonyl (C=O) groups is 2. The number of urea groups is 1. The van der Waals surface area contributed by atoms with Gasteiger partial charge in [-0.1, -0.05) is 6.07 Å². The van der Waals surface area contributed by atoms with E-state index in [1.807, 2.05) is 0 Å².